The van der Waals surface area contributed by atoms with Gasteiger partial charge < -0.3 is 19.3 Å². The number of benzene rings is 1. The van der Waals surface area contributed by atoms with Crippen LogP contribution in [0.5, 0.6) is 5.75 Å². The lowest BCUT2D eigenvalue weighted by molar-refractivity contribution is -0.249. The van der Waals surface area contributed by atoms with Crippen LogP contribution < -0.4 is 4.74 Å². The van der Waals surface area contributed by atoms with Crippen molar-refractivity contribution in [2.75, 3.05) is 13.2 Å². The van der Waals surface area contributed by atoms with E-state index in [2.05, 4.69) is 0 Å². The minimum absolute atomic E-state index is 0.533. The van der Waals surface area contributed by atoms with Crippen LogP contribution in [0.1, 0.15) is 11.1 Å². The van der Waals surface area contributed by atoms with Crippen LogP contribution >= 0.6 is 0 Å². The molecule has 4 heteroatoms. The lowest BCUT2D eigenvalue weighted by atomic mass is 10.1. The fourth-order valence-electron chi connectivity index (χ4n) is 1.92. The Bertz CT molecular complexity index is 484. The number of hydrogen-bond acceptors (Lipinski definition) is 4. The predicted octanol–water partition coefficient (Wildman–Crippen LogP) is 2.32. The third-order valence-electron chi connectivity index (χ3n) is 2.71. The molecule has 17 heavy (non-hydrogen) atoms. The molecule has 88 valence electrons. The zero-order valence-electron chi connectivity index (χ0n) is 9.13. The second-order valence-corrected chi connectivity index (χ2v) is 3.85. The molecule has 1 aromatic rings. The molecule has 0 amide bonds. The number of rotatable bonds is 1. The number of fused-ring (bicyclic) bond motifs is 1. The third kappa shape index (κ3) is 1.81. The van der Waals surface area contributed by atoms with E-state index in [9.17, 15) is 0 Å². The monoisotopic (exact) mass is 232 g/mol. The Labute approximate surface area is 98.7 Å². The van der Waals surface area contributed by atoms with E-state index < -0.39 is 5.97 Å². The predicted molar refractivity (Wildman–Crippen MR) is 62.4 cm³/mol. The van der Waals surface area contributed by atoms with Crippen molar-refractivity contribution in [1.82, 2.24) is 0 Å². The highest BCUT2D eigenvalue weighted by molar-refractivity contribution is 5.65. The van der Waals surface area contributed by atoms with Gasteiger partial charge in [-0.1, -0.05) is 6.07 Å². The summed E-state index contributed by atoms with van der Waals surface area (Å²) >= 11 is 0. The van der Waals surface area contributed by atoms with Crippen LogP contribution in [0, 0.1) is 0 Å². The van der Waals surface area contributed by atoms with Crippen LogP contribution in [0.3, 0.4) is 0 Å². The van der Waals surface area contributed by atoms with Crippen LogP contribution in [0.15, 0.2) is 30.5 Å². The van der Waals surface area contributed by atoms with E-state index in [0.29, 0.717) is 19.0 Å². The molecule has 0 unspecified atom stereocenters. The maximum Gasteiger partial charge on any atom is 0.349 e. The van der Waals surface area contributed by atoms with Gasteiger partial charge in [0.1, 0.15) is 5.75 Å². The molecule has 0 aromatic heterocycles. The highest BCUT2D eigenvalue weighted by Crippen LogP contribution is 2.35. The summed E-state index contributed by atoms with van der Waals surface area (Å²) in [4.78, 5) is 0. The first-order valence-electron chi connectivity index (χ1n) is 5.42. The Balaban J connectivity index is 1.94. The maximum atomic E-state index is 8.72. The molecule has 0 radical (unpaired) electrons. The van der Waals surface area contributed by atoms with Crippen molar-refractivity contribution in [2.45, 2.75) is 5.97 Å². The summed E-state index contributed by atoms with van der Waals surface area (Å²) in [6.45, 7) is 1.07. The molecule has 0 atom stereocenters. The summed E-state index contributed by atoms with van der Waals surface area (Å²) in [5, 5.41) is 8.72. The second kappa shape index (κ2) is 3.91. The van der Waals surface area contributed by atoms with Gasteiger partial charge in [-0.3, -0.25) is 0 Å². The molecule has 1 saturated heterocycles. The van der Waals surface area contributed by atoms with Crippen molar-refractivity contribution in [3.05, 3.63) is 41.7 Å². The van der Waals surface area contributed by atoms with Crippen LogP contribution in [0.4, 0.5) is 0 Å². The molecular formula is C13H12O4. The maximum absolute atomic E-state index is 8.72. The summed E-state index contributed by atoms with van der Waals surface area (Å²) in [6, 6.07) is 5.61. The van der Waals surface area contributed by atoms with Gasteiger partial charge in [0, 0.05) is 11.6 Å². The fourth-order valence-corrected chi connectivity index (χ4v) is 1.92. The molecule has 0 bridgehead atoms. The average molecular weight is 232 g/mol. The molecule has 4 nitrogen and oxygen atoms in total. The Morgan fingerprint density at radius 2 is 2.06 bits per heavy atom. The highest BCUT2D eigenvalue weighted by atomic mass is 16.9. The van der Waals surface area contributed by atoms with Gasteiger partial charge in [-0.25, -0.2) is 0 Å². The van der Waals surface area contributed by atoms with E-state index in [1.54, 1.807) is 12.2 Å². The van der Waals surface area contributed by atoms with Gasteiger partial charge in [-0.2, -0.15) is 0 Å². The molecule has 1 spiro atoms. The highest BCUT2D eigenvalue weighted by Gasteiger charge is 2.39. The molecule has 2 heterocycles. The molecule has 1 fully saturated rings. The molecule has 2 aliphatic rings. The summed E-state index contributed by atoms with van der Waals surface area (Å²) in [5.41, 5.74) is 1.84. The largest absolute Gasteiger partial charge is 0.516 e. The lowest BCUT2D eigenvalue weighted by Gasteiger charge is -2.28. The minimum atomic E-state index is -1.04. The first-order chi connectivity index (χ1) is 8.31. The molecule has 0 saturated carbocycles. The van der Waals surface area contributed by atoms with Crippen LogP contribution in [0.2, 0.25) is 0 Å². The van der Waals surface area contributed by atoms with E-state index in [1.807, 2.05) is 24.3 Å². The van der Waals surface area contributed by atoms with Crippen LogP contribution in [-0.4, -0.2) is 24.3 Å². The smallest absolute Gasteiger partial charge is 0.349 e. The normalized spacial score (nSPS) is 20.7. The summed E-state index contributed by atoms with van der Waals surface area (Å²) in [6.07, 6.45) is 6.29. The summed E-state index contributed by atoms with van der Waals surface area (Å²) < 4.78 is 16.6. The quantitative estimate of drug-likeness (QED) is 0.755. The van der Waals surface area contributed by atoms with Crippen LogP contribution in [-0.2, 0) is 9.47 Å². The molecule has 1 N–H and O–H groups in total. The van der Waals surface area contributed by atoms with E-state index in [-0.39, 0.29) is 0 Å². The Morgan fingerprint density at radius 1 is 1.24 bits per heavy atom. The number of aliphatic hydroxyl groups is 1. The van der Waals surface area contributed by atoms with Gasteiger partial charge in [0.25, 0.3) is 0 Å². The average Bonchev–Trinajstić information content (AvgIpc) is 2.78. The zero-order valence-corrected chi connectivity index (χ0v) is 9.13. The lowest BCUT2D eigenvalue weighted by Crippen LogP contribution is -2.36. The molecule has 3 rings (SSSR count). The molecule has 2 aliphatic heterocycles. The summed E-state index contributed by atoms with van der Waals surface area (Å²) in [5.74, 6) is -0.328. The van der Waals surface area contributed by atoms with Gasteiger partial charge in [-0.15, -0.1) is 0 Å². The van der Waals surface area contributed by atoms with Gasteiger partial charge in [0.05, 0.1) is 19.5 Å². The van der Waals surface area contributed by atoms with Gasteiger partial charge in [0.15, 0.2) is 0 Å². The Hall–Kier alpha value is -1.78. The first kappa shape index (κ1) is 10.4. The SMILES string of the molecule is O/C=C\c1ccc2c(c1)C=CC1(OCCO1)O2. The zero-order chi connectivity index (χ0) is 11.7. The Morgan fingerprint density at radius 3 is 2.82 bits per heavy atom. The number of hydrogen-bond donors (Lipinski definition) is 1. The third-order valence-corrected chi connectivity index (χ3v) is 2.71. The van der Waals surface area contributed by atoms with Crippen LogP contribution in [0.25, 0.3) is 12.2 Å². The second-order valence-electron chi connectivity index (χ2n) is 3.85. The van der Waals surface area contributed by atoms with Gasteiger partial charge in [-0.05, 0) is 29.8 Å². The number of ether oxygens (including phenoxy) is 3. The van der Waals surface area contributed by atoms with E-state index in [4.69, 9.17) is 19.3 Å². The van der Waals surface area contributed by atoms with Gasteiger partial charge >= 0.3 is 5.97 Å². The molecule has 0 aliphatic carbocycles. The molecule has 1 aromatic carbocycles. The van der Waals surface area contributed by atoms with Crippen molar-refractivity contribution in [3.8, 4) is 5.75 Å². The van der Waals surface area contributed by atoms with Crippen molar-refractivity contribution in [2.24, 2.45) is 0 Å². The van der Waals surface area contributed by atoms with E-state index in [1.165, 1.54) is 0 Å². The van der Waals surface area contributed by atoms with Crippen molar-refractivity contribution < 1.29 is 19.3 Å². The summed E-state index contributed by atoms with van der Waals surface area (Å²) in [7, 11) is 0. The Kier molecular flexibility index (Phi) is 2.39. The van der Waals surface area contributed by atoms with E-state index >= 15 is 0 Å². The topological polar surface area (TPSA) is 47.9 Å². The first-order valence-corrected chi connectivity index (χ1v) is 5.42. The fraction of sp³-hybridized carbons (Fsp3) is 0.231. The standard InChI is InChI=1S/C13H12O4/c14-6-4-10-1-2-12-11(9-10)3-5-13(17-12)15-7-8-16-13/h1-6,9,14H,7-8H2/b6-4-. The van der Waals surface area contributed by atoms with Crippen molar-refractivity contribution in [1.29, 1.82) is 0 Å². The number of aliphatic hydroxyl groups excluding tert-OH is 1. The minimum Gasteiger partial charge on any atom is -0.516 e. The molecular weight excluding hydrogens is 220 g/mol. The van der Waals surface area contributed by atoms with Gasteiger partial charge in [0.2, 0.25) is 0 Å². The van der Waals surface area contributed by atoms with E-state index in [0.717, 1.165) is 17.4 Å². The van der Waals surface area contributed by atoms with Crippen molar-refractivity contribution >= 4 is 12.2 Å². The van der Waals surface area contributed by atoms with Crippen molar-refractivity contribution in [3.63, 3.8) is 0 Å².